The van der Waals surface area contributed by atoms with E-state index in [1.807, 2.05) is 0 Å². The topological polar surface area (TPSA) is 82.6 Å². The van der Waals surface area contributed by atoms with Crippen molar-refractivity contribution in [3.63, 3.8) is 0 Å². The van der Waals surface area contributed by atoms with Crippen LogP contribution >= 0.6 is 35.3 Å². The van der Waals surface area contributed by atoms with Crippen LogP contribution in [0.2, 0.25) is 0 Å². The molecule has 0 aliphatic carbocycles. The molecule has 1 heterocycles. The van der Waals surface area contributed by atoms with E-state index in [0.29, 0.717) is 25.6 Å². The van der Waals surface area contributed by atoms with Crippen LogP contribution < -0.4 is 15.4 Å². The molecule has 128 valence electrons. The second-order valence-electron chi connectivity index (χ2n) is 4.37. The fraction of sp³-hybridized carbons (Fsp3) is 0.615. The van der Waals surface area contributed by atoms with Crippen LogP contribution in [0, 0.1) is 0 Å². The van der Waals surface area contributed by atoms with Gasteiger partial charge in [-0.05, 0) is 25.5 Å². The Bertz CT molecular complexity index is 558. The Morgan fingerprint density at radius 3 is 2.41 bits per heavy atom. The van der Waals surface area contributed by atoms with E-state index in [1.165, 1.54) is 9.75 Å². The number of aliphatic imine (C=N–C) groups is 1. The van der Waals surface area contributed by atoms with Gasteiger partial charge in [-0.3, -0.25) is 4.99 Å². The van der Waals surface area contributed by atoms with Gasteiger partial charge in [-0.25, -0.2) is 13.1 Å². The zero-order chi connectivity index (χ0) is 15.7. The van der Waals surface area contributed by atoms with Crippen LogP contribution in [0.1, 0.15) is 23.6 Å². The number of thiophene rings is 1. The largest absolute Gasteiger partial charge is 0.355 e. The Morgan fingerprint density at radius 1 is 1.18 bits per heavy atom. The van der Waals surface area contributed by atoms with Gasteiger partial charge < -0.3 is 10.6 Å². The third-order valence-corrected chi connectivity index (χ3v) is 5.47. The van der Waals surface area contributed by atoms with Crippen molar-refractivity contribution in [1.82, 2.24) is 15.4 Å². The van der Waals surface area contributed by atoms with Crippen LogP contribution in [0.3, 0.4) is 0 Å². The average Bonchev–Trinajstić information content (AvgIpc) is 2.94. The Balaban J connectivity index is 0.00000441. The highest BCUT2D eigenvalue weighted by atomic mass is 127. The van der Waals surface area contributed by atoms with Gasteiger partial charge in [-0.15, -0.1) is 35.3 Å². The van der Waals surface area contributed by atoms with E-state index in [1.54, 1.807) is 25.3 Å². The highest BCUT2D eigenvalue weighted by Gasteiger charge is 2.05. The highest BCUT2D eigenvalue weighted by molar-refractivity contribution is 14.0. The van der Waals surface area contributed by atoms with Crippen LogP contribution in [-0.2, 0) is 23.0 Å². The lowest BCUT2D eigenvalue weighted by atomic mass is 10.4. The molecule has 0 fully saturated rings. The lowest BCUT2D eigenvalue weighted by Crippen LogP contribution is -2.41. The summed E-state index contributed by atoms with van der Waals surface area (Å²) in [4.78, 5) is 6.72. The minimum Gasteiger partial charge on any atom is -0.355 e. The molecule has 0 bridgehead atoms. The molecule has 0 radical (unpaired) electrons. The van der Waals surface area contributed by atoms with Crippen molar-refractivity contribution in [3.8, 4) is 0 Å². The summed E-state index contributed by atoms with van der Waals surface area (Å²) < 4.78 is 25.0. The first kappa shape index (κ1) is 21.6. The molecule has 0 unspecified atom stereocenters. The van der Waals surface area contributed by atoms with Gasteiger partial charge in [0.05, 0.1) is 12.3 Å². The molecule has 3 N–H and O–H groups in total. The fourth-order valence-electron chi connectivity index (χ4n) is 1.59. The van der Waals surface area contributed by atoms with Gasteiger partial charge in [0, 0.05) is 29.9 Å². The predicted molar refractivity (Wildman–Crippen MR) is 105 cm³/mol. The van der Waals surface area contributed by atoms with Gasteiger partial charge in [-0.1, -0.05) is 6.92 Å². The maximum absolute atomic E-state index is 11.3. The molecule has 1 aromatic heterocycles. The maximum Gasteiger partial charge on any atom is 0.211 e. The number of nitrogens with one attached hydrogen (secondary N) is 3. The summed E-state index contributed by atoms with van der Waals surface area (Å²) in [6.45, 7) is 5.30. The predicted octanol–water partition coefficient (Wildman–Crippen LogP) is 1.53. The Labute approximate surface area is 154 Å². The number of halogens is 1. The second-order valence-corrected chi connectivity index (χ2v) is 7.72. The molecule has 9 heteroatoms. The molecule has 0 saturated heterocycles. The minimum absolute atomic E-state index is 0. The smallest absolute Gasteiger partial charge is 0.211 e. The van der Waals surface area contributed by atoms with Gasteiger partial charge >= 0.3 is 0 Å². The highest BCUT2D eigenvalue weighted by Crippen LogP contribution is 2.16. The molecule has 22 heavy (non-hydrogen) atoms. The third-order valence-electron chi connectivity index (χ3n) is 2.84. The first-order chi connectivity index (χ1) is 10.0. The van der Waals surface area contributed by atoms with E-state index in [0.717, 1.165) is 6.42 Å². The van der Waals surface area contributed by atoms with Crippen molar-refractivity contribution in [1.29, 1.82) is 0 Å². The van der Waals surface area contributed by atoms with Crippen LogP contribution in [0.5, 0.6) is 0 Å². The van der Waals surface area contributed by atoms with Crippen molar-refractivity contribution < 1.29 is 8.42 Å². The quantitative estimate of drug-likeness (QED) is 0.238. The number of sulfonamides is 1. The summed E-state index contributed by atoms with van der Waals surface area (Å²) >= 11 is 1.78. The maximum atomic E-state index is 11.3. The number of nitrogens with zero attached hydrogens (tertiary/aromatic N) is 1. The molecule has 0 spiro atoms. The molecular formula is C13H25IN4O2S2. The minimum atomic E-state index is -3.13. The molecule has 0 aromatic carbocycles. The molecule has 6 nitrogen and oxygen atoms in total. The van der Waals surface area contributed by atoms with E-state index < -0.39 is 10.0 Å². The number of guanidine groups is 1. The standard InChI is InChI=1S/C13H24N4O2S2.HI/c1-4-11-6-7-12(20-11)10-16-13(14-3)15-8-9-17-21(18,19)5-2;/h6-7,17H,4-5,8-10H2,1-3H3,(H2,14,15,16);1H. The summed E-state index contributed by atoms with van der Waals surface area (Å²) in [7, 11) is -1.44. The van der Waals surface area contributed by atoms with E-state index in [2.05, 4.69) is 39.4 Å². The van der Waals surface area contributed by atoms with Crippen LogP contribution in [0.25, 0.3) is 0 Å². The number of hydrogen-bond donors (Lipinski definition) is 3. The van der Waals surface area contributed by atoms with Crippen LogP contribution in [0.4, 0.5) is 0 Å². The summed E-state index contributed by atoms with van der Waals surface area (Å²) in [6, 6.07) is 4.25. The molecule has 0 atom stereocenters. The summed E-state index contributed by atoms with van der Waals surface area (Å²) in [5, 5.41) is 6.28. The van der Waals surface area contributed by atoms with Gasteiger partial charge in [0.15, 0.2) is 5.96 Å². The van der Waals surface area contributed by atoms with E-state index in [4.69, 9.17) is 0 Å². The van der Waals surface area contributed by atoms with Crippen molar-refractivity contribution in [3.05, 3.63) is 21.9 Å². The first-order valence-electron chi connectivity index (χ1n) is 7.00. The summed E-state index contributed by atoms with van der Waals surface area (Å²) in [6.07, 6.45) is 1.05. The molecule has 0 saturated carbocycles. The van der Waals surface area contributed by atoms with Gasteiger partial charge in [0.1, 0.15) is 0 Å². The lowest BCUT2D eigenvalue weighted by molar-refractivity contribution is 0.582. The molecule has 1 rings (SSSR count). The van der Waals surface area contributed by atoms with E-state index in [9.17, 15) is 8.42 Å². The van der Waals surface area contributed by atoms with Crippen molar-refractivity contribution in [2.45, 2.75) is 26.8 Å². The average molecular weight is 460 g/mol. The summed E-state index contributed by atoms with van der Waals surface area (Å²) in [5.74, 6) is 0.759. The van der Waals surface area contributed by atoms with Gasteiger partial charge in [0.2, 0.25) is 10.0 Å². The molecule has 0 aliphatic rings. The third kappa shape index (κ3) is 8.30. The Hall–Kier alpha value is -0.390. The van der Waals surface area contributed by atoms with Crippen molar-refractivity contribution >= 4 is 51.3 Å². The fourth-order valence-corrected chi connectivity index (χ4v) is 3.10. The van der Waals surface area contributed by atoms with Gasteiger partial charge in [0.25, 0.3) is 0 Å². The first-order valence-corrected chi connectivity index (χ1v) is 9.47. The summed E-state index contributed by atoms with van der Waals surface area (Å²) in [5.41, 5.74) is 0. The number of hydrogen-bond acceptors (Lipinski definition) is 4. The monoisotopic (exact) mass is 460 g/mol. The van der Waals surface area contributed by atoms with Crippen LogP contribution in [0.15, 0.2) is 17.1 Å². The molecular weight excluding hydrogens is 435 g/mol. The van der Waals surface area contributed by atoms with E-state index >= 15 is 0 Å². The normalized spacial score (nSPS) is 11.9. The molecule has 0 aliphatic heterocycles. The number of aryl methyl sites for hydroxylation is 1. The molecule has 1 aromatic rings. The van der Waals surface area contributed by atoms with Crippen LogP contribution in [-0.4, -0.2) is 40.3 Å². The number of rotatable bonds is 8. The van der Waals surface area contributed by atoms with Crippen molar-refractivity contribution in [2.24, 2.45) is 4.99 Å². The van der Waals surface area contributed by atoms with E-state index in [-0.39, 0.29) is 29.7 Å². The SMILES string of the molecule is CCc1ccc(CNC(=NC)NCCNS(=O)(=O)CC)s1.I. The molecule has 0 amide bonds. The van der Waals surface area contributed by atoms with Gasteiger partial charge in [-0.2, -0.15) is 0 Å². The lowest BCUT2D eigenvalue weighted by Gasteiger charge is -2.11. The Morgan fingerprint density at radius 2 is 1.86 bits per heavy atom. The van der Waals surface area contributed by atoms with Crippen molar-refractivity contribution in [2.75, 3.05) is 25.9 Å². The zero-order valence-electron chi connectivity index (χ0n) is 13.2. The second kappa shape index (κ2) is 11.2. The Kier molecular flexibility index (Phi) is 11.0. The zero-order valence-corrected chi connectivity index (χ0v) is 17.1.